The monoisotopic (exact) mass is 306 g/mol. The number of ether oxygens (including phenoxy) is 1. The average molecular weight is 306 g/mol. The second kappa shape index (κ2) is 7.17. The third-order valence-electron chi connectivity index (χ3n) is 3.07. The molecule has 6 heteroatoms. The van der Waals surface area contributed by atoms with Crippen LogP contribution in [0.4, 0.5) is 0 Å². The molecule has 0 aliphatic rings. The van der Waals surface area contributed by atoms with E-state index < -0.39 is 12.0 Å². The maximum absolute atomic E-state index is 11.5. The largest absolute Gasteiger partial charge is 0.453 e. The van der Waals surface area contributed by atoms with Gasteiger partial charge in [0.1, 0.15) is 0 Å². The van der Waals surface area contributed by atoms with Crippen LogP contribution in [0.25, 0.3) is 10.2 Å². The number of unbranched alkanes of at least 4 members (excludes halogenated alkanes) is 1. The second-order valence-electron chi connectivity index (χ2n) is 4.82. The van der Waals surface area contributed by atoms with E-state index >= 15 is 0 Å². The number of esters is 1. The van der Waals surface area contributed by atoms with Crippen molar-refractivity contribution in [1.29, 1.82) is 0 Å². The van der Waals surface area contributed by atoms with E-state index in [-0.39, 0.29) is 5.97 Å². The van der Waals surface area contributed by atoms with Crippen molar-refractivity contribution < 1.29 is 14.3 Å². The van der Waals surface area contributed by atoms with Gasteiger partial charge in [-0.2, -0.15) is 0 Å². The Balaban J connectivity index is 1.72. The fourth-order valence-corrected chi connectivity index (χ4v) is 2.90. The molecule has 1 amide bonds. The number of nitrogens with two attached hydrogens (primary N) is 1. The quantitative estimate of drug-likeness (QED) is 0.629. The number of hydrogen-bond acceptors (Lipinski definition) is 5. The number of thiazole rings is 1. The maximum Gasteiger partial charge on any atom is 0.306 e. The number of aryl methyl sites for hydroxylation is 1. The number of fused-ring (bicyclic) bond motifs is 1. The van der Waals surface area contributed by atoms with Crippen molar-refractivity contribution in [2.45, 2.75) is 38.7 Å². The highest BCUT2D eigenvalue weighted by Gasteiger charge is 2.14. The minimum absolute atomic E-state index is 0.294. The zero-order valence-corrected chi connectivity index (χ0v) is 12.7. The lowest BCUT2D eigenvalue weighted by Gasteiger charge is -2.08. The highest BCUT2D eigenvalue weighted by molar-refractivity contribution is 7.18. The van der Waals surface area contributed by atoms with Crippen LogP contribution in [0.15, 0.2) is 24.3 Å². The van der Waals surface area contributed by atoms with Crippen LogP contribution in [0, 0.1) is 0 Å². The van der Waals surface area contributed by atoms with Gasteiger partial charge in [-0.05, 0) is 38.3 Å². The minimum Gasteiger partial charge on any atom is -0.453 e. The molecule has 2 rings (SSSR count). The van der Waals surface area contributed by atoms with E-state index in [1.165, 1.54) is 11.6 Å². The Kier molecular flexibility index (Phi) is 5.27. The van der Waals surface area contributed by atoms with Gasteiger partial charge in [-0.25, -0.2) is 4.98 Å². The summed E-state index contributed by atoms with van der Waals surface area (Å²) in [6.45, 7) is 1.47. The Morgan fingerprint density at radius 3 is 2.81 bits per heavy atom. The molecule has 0 aliphatic heterocycles. The molecule has 0 radical (unpaired) electrons. The van der Waals surface area contributed by atoms with Gasteiger partial charge in [0.2, 0.25) is 0 Å². The van der Waals surface area contributed by atoms with E-state index in [9.17, 15) is 9.59 Å². The summed E-state index contributed by atoms with van der Waals surface area (Å²) in [5, 5.41) is 1.08. The third-order valence-corrected chi connectivity index (χ3v) is 4.16. The number of primary amides is 1. The van der Waals surface area contributed by atoms with Gasteiger partial charge >= 0.3 is 5.97 Å². The van der Waals surface area contributed by atoms with E-state index in [0.717, 1.165) is 23.4 Å². The van der Waals surface area contributed by atoms with Crippen LogP contribution in [0.2, 0.25) is 0 Å². The maximum atomic E-state index is 11.5. The molecule has 21 heavy (non-hydrogen) atoms. The number of para-hydroxylation sites is 1. The molecule has 112 valence electrons. The van der Waals surface area contributed by atoms with Crippen molar-refractivity contribution >= 4 is 33.4 Å². The first-order chi connectivity index (χ1) is 10.1. The highest BCUT2D eigenvalue weighted by Crippen LogP contribution is 2.22. The van der Waals surface area contributed by atoms with Gasteiger partial charge in [-0.15, -0.1) is 11.3 Å². The van der Waals surface area contributed by atoms with Crippen LogP contribution in [0.1, 0.15) is 31.2 Å². The van der Waals surface area contributed by atoms with Crippen molar-refractivity contribution in [1.82, 2.24) is 4.98 Å². The average Bonchev–Trinajstić information content (AvgIpc) is 2.86. The van der Waals surface area contributed by atoms with E-state index in [4.69, 9.17) is 10.5 Å². The zero-order chi connectivity index (χ0) is 15.2. The second-order valence-corrected chi connectivity index (χ2v) is 5.93. The summed E-state index contributed by atoms with van der Waals surface area (Å²) in [7, 11) is 0. The highest BCUT2D eigenvalue weighted by atomic mass is 32.1. The van der Waals surface area contributed by atoms with Gasteiger partial charge in [0.05, 0.1) is 15.2 Å². The van der Waals surface area contributed by atoms with Crippen molar-refractivity contribution in [3.63, 3.8) is 0 Å². The van der Waals surface area contributed by atoms with Crippen molar-refractivity contribution in [2.24, 2.45) is 5.73 Å². The first kappa shape index (κ1) is 15.4. The van der Waals surface area contributed by atoms with Crippen molar-refractivity contribution in [2.75, 3.05) is 0 Å². The molecule has 1 aromatic carbocycles. The molecule has 1 atom stereocenters. The van der Waals surface area contributed by atoms with E-state index in [2.05, 4.69) is 11.1 Å². The summed E-state index contributed by atoms with van der Waals surface area (Å²) in [5.41, 5.74) is 6.05. The smallest absolute Gasteiger partial charge is 0.306 e. The van der Waals surface area contributed by atoms with Gasteiger partial charge in [-0.3, -0.25) is 9.59 Å². The Hall–Kier alpha value is -1.95. The molecule has 0 fully saturated rings. The molecular formula is C15H18N2O3S. The van der Waals surface area contributed by atoms with Gasteiger partial charge in [0, 0.05) is 6.42 Å². The summed E-state index contributed by atoms with van der Waals surface area (Å²) < 4.78 is 6.07. The third kappa shape index (κ3) is 4.53. The van der Waals surface area contributed by atoms with E-state index in [1.807, 2.05) is 18.2 Å². The SMILES string of the molecule is C[C@@H](OC(=O)CCCCc1nc2ccccc2s1)C(N)=O. The molecule has 5 nitrogen and oxygen atoms in total. The number of benzene rings is 1. The number of nitrogens with zero attached hydrogens (tertiary/aromatic N) is 1. The Labute approximate surface area is 127 Å². The van der Waals surface area contributed by atoms with Gasteiger partial charge in [0.25, 0.3) is 5.91 Å². The van der Waals surface area contributed by atoms with Crippen molar-refractivity contribution in [3.05, 3.63) is 29.3 Å². The van der Waals surface area contributed by atoms with Crippen molar-refractivity contribution in [3.8, 4) is 0 Å². The molecule has 0 saturated heterocycles. The molecule has 0 aliphatic carbocycles. The predicted molar refractivity (Wildman–Crippen MR) is 81.9 cm³/mol. The van der Waals surface area contributed by atoms with Crippen LogP contribution >= 0.6 is 11.3 Å². The number of carbonyl (C=O) groups excluding carboxylic acids is 2. The number of rotatable bonds is 7. The number of carbonyl (C=O) groups is 2. The normalized spacial score (nSPS) is 12.2. The minimum atomic E-state index is -0.859. The van der Waals surface area contributed by atoms with Crippen LogP contribution in [0.3, 0.4) is 0 Å². The number of hydrogen-bond donors (Lipinski definition) is 1. The van der Waals surface area contributed by atoms with E-state index in [0.29, 0.717) is 12.8 Å². The topological polar surface area (TPSA) is 82.3 Å². The molecule has 0 saturated carbocycles. The zero-order valence-electron chi connectivity index (χ0n) is 11.9. The first-order valence-electron chi connectivity index (χ1n) is 6.89. The van der Waals surface area contributed by atoms with Crippen LogP contribution in [0.5, 0.6) is 0 Å². The molecule has 1 aromatic heterocycles. The lowest BCUT2D eigenvalue weighted by molar-refractivity contribution is -0.153. The summed E-state index contributed by atoms with van der Waals surface area (Å²) >= 11 is 1.68. The lowest BCUT2D eigenvalue weighted by atomic mass is 10.2. The molecule has 2 aromatic rings. The number of amides is 1. The van der Waals surface area contributed by atoms with Gasteiger partial charge < -0.3 is 10.5 Å². The summed E-state index contributed by atoms with van der Waals surface area (Å²) in [6, 6.07) is 8.03. The molecule has 0 bridgehead atoms. The van der Waals surface area contributed by atoms with Crippen LogP contribution < -0.4 is 5.73 Å². The summed E-state index contributed by atoms with van der Waals surface area (Å²) in [6.07, 6.45) is 1.85. The van der Waals surface area contributed by atoms with Crippen LogP contribution in [-0.2, 0) is 20.7 Å². The molecule has 0 unspecified atom stereocenters. The van der Waals surface area contributed by atoms with Gasteiger partial charge in [0.15, 0.2) is 6.10 Å². The first-order valence-corrected chi connectivity index (χ1v) is 7.71. The Morgan fingerprint density at radius 2 is 2.10 bits per heavy atom. The Bertz CT molecular complexity index is 606. The molecule has 2 N–H and O–H groups in total. The fourth-order valence-electron chi connectivity index (χ4n) is 1.89. The van der Waals surface area contributed by atoms with E-state index in [1.54, 1.807) is 11.3 Å². The fraction of sp³-hybridized carbons (Fsp3) is 0.400. The number of aromatic nitrogens is 1. The Morgan fingerprint density at radius 1 is 1.33 bits per heavy atom. The molecular weight excluding hydrogens is 288 g/mol. The molecule has 0 spiro atoms. The van der Waals surface area contributed by atoms with Crippen LogP contribution in [-0.4, -0.2) is 23.0 Å². The summed E-state index contributed by atoms with van der Waals surface area (Å²) in [4.78, 5) is 26.8. The standard InChI is InChI=1S/C15H18N2O3S/c1-10(15(16)19)20-14(18)9-5-4-8-13-17-11-6-2-3-7-12(11)21-13/h2-3,6-7,10H,4-5,8-9H2,1H3,(H2,16,19)/t10-/m1/s1. The molecule has 1 heterocycles. The predicted octanol–water partition coefficient (Wildman–Crippen LogP) is 2.43. The lowest BCUT2D eigenvalue weighted by Crippen LogP contribution is -2.30. The van der Waals surface area contributed by atoms with Gasteiger partial charge in [-0.1, -0.05) is 12.1 Å². The summed E-state index contributed by atoms with van der Waals surface area (Å²) in [5.74, 6) is -1.01.